The number of fused-ring (bicyclic) bond motifs is 1. The average Bonchev–Trinajstić information content (AvgIpc) is 2.92. The molecule has 0 saturated carbocycles. The minimum Gasteiger partial charge on any atom is -0.478 e. The lowest BCUT2D eigenvalue weighted by Crippen LogP contribution is -2.33. The summed E-state index contributed by atoms with van der Waals surface area (Å²) in [5.74, 6) is 2.80. The van der Waals surface area contributed by atoms with Crippen molar-refractivity contribution in [1.82, 2.24) is 20.3 Å². The molecule has 2 aromatic heterocycles. The van der Waals surface area contributed by atoms with E-state index in [2.05, 4.69) is 27.8 Å². The zero-order chi connectivity index (χ0) is 26.0. The van der Waals surface area contributed by atoms with Gasteiger partial charge in [-0.1, -0.05) is 19.4 Å². The summed E-state index contributed by atoms with van der Waals surface area (Å²) in [6, 6.07) is 13.0. The number of ether oxygens (including phenoxy) is 1. The molecule has 37 heavy (non-hydrogen) atoms. The van der Waals surface area contributed by atoms with Crippen LogP contribution in [0.4, 0.5) is 22.1 Å². The average molecular weight is 506 g/mol. The molecule has 4 rings (SSSR count). The predicted molar refractivity (Wildman–Crippen MR) is 145 cm³/mol. The van der Waals surface area contributed by atoms with Gasteiger partial charge in [-0.2, -0.15) is 4.98 Å². The summed E-state index contributed by atoms with van der Waals surface area (Å²) in [7, 11) is 0. The Kier molecular flexibility index (Phi) is 9.09. The Labute approximate surface area is 217 Å². The lowest BCUT2D eigenvalue weighted by Gasteiger charge is -2.30. The summed E-state index contributed by atoms with van der Waals surface area (Å²) in [5.41, 5.74) is 3.49. The molecule has 1 aromatic carbocycles. The Morgan fingerprint density at radius 1 is 1.11 bits per heavy atom. The summed E-state index contributed by atoms with van der Waals surface area (Å²) in [4.78, 5) is 28.4. The van der Waals surface area contributed by atoms with E-state index in [0.717, 1.165) is 54.3 Å². The number of anilines is 3. The standard InChI is InChI=1S/C27H35N7O3/c1-3-5-17-37-24-8-6-7-23(32-24)34-15-13-21-22(18-34)31-25(33-26(21)29-14-16-35)19-9-11-20(12-10-19)30-27(36)28-4-2/h6-12,35H,3-5,13-18H2,1-2H3,(H2,28,30,36)(H,29,31,33). The molecule has 3 heterocycles. The van der Waals surface area contributed by atoms with Crippen LogP contribution in [0.2, 0.25) is 0 Å². The van der Waals surface area contributed by atoms with Gasteiger partial charge in [0, 0.05) is 42.5 Å². The quantitative estimate of drug-likeness (QED) is 0.290. The largest absolute Gasteiger partial charge is 0.478 e. The van der Waals surface area contributed by atoms with Crippen LogP contribution < -0.4 is 25.6 Å². The van der Waals surface area contributed by atoms with Crippen molar-refractivity contribution in [2.24, 2.45) is 0 Å². The van der Waals surface area contributed by atoms with Crippen LogP contribution in [0.15, 0.2) is 42.5 Å². The fraction of sp³-hybridized carbons (Fsp3) is 0.407. The third-order valence-corrected chi connectivity index (χ3v) is 5.99. The second kappa shape index (κ2) is 12.9. The number of urea groups is 1. The van der Waals surface area contributed by atoms with Crippen LogP contribution in [0.3, 0.4) is 0 Å². The van der Waals surface area contributed by atoms with Gasteiger partial charge in [-0.05, 0) is 50.1 Å². The number of nitrogens with one attached hydrogen (secondary N) is 3. The first-order valence-corrected chi connectivity index (χ1v) is 12.9. The molecule has 4 N–H and O–H groups in total. The molecule has 0 saturated heterocycles. The zero-order valence-corrected chi connectivity index (χ0v) is 21.5. The van der Waals surface area contributed by atoms with Gasteiger partial charge in [0.05, 0.1) is 25.5 Å². The minimum atomic E-state index is -0.246. The van der Waals surface area contributed by atoms with Crippen molar-refractivity contribution in [1.29, 1.82) is 0 Å². The Morgan fingerprint density at radius 3 is 2.70 bits per heavy atom. The number of pyridine rings is 1. The number of carbonyl (C=O) groups is 1. The Balaban J connectivity index is 1.57. The van der Waals surface area contributed by atoms with Crippen molar-refractivity contribution < 1.29 is 14.6 Å². The van der Waals surface area contributed by atoms with E-state index in [0.29, 0.717) is 43.6 Å². The van der Waals surface area contributed by atoms with Crippen LogP contribution in [0.5, 0.6) is 5.88 Å². The van der Waals surface area contributed by atoms with Gasteiger partial charge >= 0.3 is 6.03 Å². The van der Waals surface area contributed by atoms with E-state index in [-0.39, 0.29) is 12.6 Å². The van der Waals surface area contributed by atoms with Gasteiger partial charge < -0.3 is 30.7 Å². The first kappa shape index (κ1) is 26.2. The van der Waals surface area contributed by atoms with Gasteiger partial charge in [-0.25, -0.2) is 14.8 Å². The Bertz CT molecular complexity index is 1190. The molecule has 0 fully saturated rings. The highest BCUT2D eigenvalue weighted by Gasteiger charge is 2.24. The second-order valence-corrected chi connectivity index (χ2v) is 8.74. The molecular formula is C27H35N7O3. The van der Waals surface area contributed by atoms with Crippen molar-refractivity contribution in [3.8, 4) is 17.3 Å². The van der Waals surface area contributed by atoms with Crippen LogP contribution >= 0.6 is 0 Å². The summed E-state index contributed by atoms with van der Waals surface area (Å²) in [6.07, 6.45) is 2.82. The lowest BCUT2D eigenvalue weighted by atomic mass is 10.0. The second-order valence-electron chi connectivity index (χ2n) is 8.74. The molecular weight excluding hydrogens is 470 g/mol. The SMILES string of the molecule is CCCCOc1cccc(N2CCc3c(nc(-c4ccc(NC(=O)NCC)cc4)nc3NCCO)C2)n1. The van der Waals surface area contributed by atoms with E-state index >= 15 is 0 Å². The highest BCUT2D eigenvalue weighted by Crippen LogP contribution is 2.30. The normalized spacial score (nSPS) is 12.6. The molecule has 1 aliphatic heterocycles. The van der Waals surface area contributed by atoms with Crippen molar-refractivity contribution in [2.75, 3.05) is 48.4 Å². The number of aliphatic hydroxyl groups excluding tert-OH is 1. The van der Waals surface area contributed by atoms with E-state index in [9.17, 15) is 9.90 Å². The van der Waals surface area contributed by atoms with Crippen molar-refractivity contribution in [3.05, 3.63) is 53.7 Å². The molecule has 0 unspecified atom stereocenters. The maximum atomic E-state index is 11.8. The Hall–Kier alpha value is -3.92. The van der Waals surface area contributed by atoms with Gasteiger partial charge in [0.25, 0.3) is 0 Å². The van der Waals surface area contributed by atoms with E-state index in [1.807, 2.05) is 49.4 Å². The van der Waals surface area contributed by atoms with Crippen molar-refractivity contribution in [3.63, 3.8) is 0 Å². The molecule has 0 aliphatic carbocycles. The summed E-state index contributed by atoms with van der Waals surface area (Å²) < 4.78 is 5.81. The van der Waals surface area contributed by atoms with Gasteiger partial charge in [0.2, 0.25) is 5.88 Å². The number of hydrogen-bond donors (Lipinski definition) is 4. The maximum Gasteiger partial charge on any atom is 0.319 e. The number of hydrogen-bond acceptors (Lipinski definition) is 8. The molecule has 10 heteroatoms. The molecule has 2 amide bonds. The van der Waals surface area contributed by atoms with E-state index in [1.54, 1.807) is 0 Å². The van der Waals surface area contributed by atoms with Crippen LogP contribution in [0.25, 0.3) is 11.4 Å². The predicted octanol–water partition coefficient (Wildman–Crippen LogP) is 3.83. The molecule has 1 aliphatic rings. The number of benzene rings is 1. The number of rotatable bonds is 11. The summed E-state index contributed by atoms with van der Waals surface area (Å²) in [6.45, 7) is 6.98. The van der Waals surface area contributed by atoms with Crippen LogP contribution in [-0.4, -0.2) is 58.9 Å². The summed E-state index contributed by atoms with van der Waals surface area (Å²) in [5, 5.41) is 18.1. The first-order valence-electron chi connectivity index (χ1n) is 12.9. The number of amides is 2. The molecule has 3 aromatic rings. The highest BCUT2D eigenvalue weighted by atomic mass is 16.5. The number of aliphatic hydroxyl groups is 1. The lowest BCUT2D eigenvalue weighted by molar-refractivity contribution is 0.252. The summed E-state index contributed by atoms with van der Waals surface area (Å²) >= 11 is 0. The first-order chi connectivity index (χ1) is 18.1. The fourth-order valence-corrected chi connectivity index (χ4v) is 4.10. The third-order valence-electron chi connectivity index (χ3n) is 5.99. The smallest absolute Gasteiger partial charge is 0.319 e. The van der Waals surface area contributed by atoms with Crippen molar-refractivity contribution in [2.45, 2.75) is 39.7 Å². The van der Waals surface area contributed by atoms with Crippen LogP contribution in [0.1, 0.15) is 37.9 Å². The van der Waals surface area contributed by atoms with Crippen LogP contribution in [0, 0.1) is 0 Å². The zero-order valence-electron chi connectivity index (χ0n) is 21.5. The monoisotopic (exact) mass is 505 g/mol. The van der Waals surface area contributed by atoms with E-state index in [4.69, 9.17) is 19.7 Å². The van der Waals surface area contributed by atoms with E-state index in [1.165, 1.54) is 0 Å². The van der Waals surface area contributed by atoms with Gasteiger partial charge in [-0.15, -0.1) is 0 Å². The highest BCUT2D eigenvalue weighted by molar-refractivity contribution is 5.89. The molecule has 10 nitrogen and oxygen atoms in total. The molecule has 0 bridgehead atoms. The van der Waals surface area contributed by atoms with Gasteiger partial charge in [-0.3, -0.25) is 0 Å². The van der Waals surface area contributed by atoms with E-state index < -0.39 is 0 Å². The Morgan fingerprint density at radius 2 is 1.95 bits per heavy atom. The number of carbonyl (C=O) groups excluding carboxylic acids is 1. The van der Waals surface area contributed by atoms with Gasteiger partial charge in [0.1, 0.15) is 11.6 Å². The minimum absolute atomic E-state index is 0.00910. The molecule has 0 radical (unpaired) electrons. The maximum absolute atomic E-state index is 11.8. The third kappa shape index (κ3) is 6.85. The number of nitrogens with zero attached hydrogens (tertiary/aromatic N) is 4. The number of unbranched alkanes of at least 4 members (excludes halogenated alkanes) is 1. The molecule has 0 spiro atoms. The topological polar surface area (TPSA) is 125 Å². The molecule has 196 valence electrons. The fourth-order valence-electron chi connectivity index (χ4n) is 4.10. The van der Waals surface area contributed by atoms with Crippen molar-refractivity contribution >= 4 is 23.4 Å². The van der Waals surface area contributed by atoms with Gasteiger partial charge in [0.15, 0.2) is 5.82 Å². The van der Waals surface area contributed by atoms with Crippen LogP contribution in [-0.2, 0) is 13.0 Å². The number of aromatic nitrogens is 3. The molecule has 0 atom stereocenters.